The van der Waals surface area contributed by atoms with Crippen LogP contribution in [0.4, 0.5) is 5.69 Å². The van der Waals surface area contributed by atoms with Crippen molar-refractivity contribution in [1.29, 1.82) is 0 Å². The second kappa shape index (κ2) is 6.48. The zero-order valence-corrected chi connectivity index (χ0v) is 14.4. The summed E-state index contributed by atoms with van der Waals surface area (Å²) < 4.78 is 1.76. The molecule has 0 saturated heterocycles. The smallest absolute Gasteiger partial charge is 0.255 e. The van der Waals surface area contributed by atoms with Gasteiger partial charge in [-0.3, -0.25) is 19.0 Å². The van der Waals surface area contributed by atoms with Crippen molar-refractivity contribution in [1.82, 2.24) is 19.6 Å². The Labute approximate surface area is 142 Å². The predicted molar refractivity (Wildman–Crippen MR) is 93.7 cm³/mol. The number of rotatable bonds is 4. The summed E-state index contributed by atoms with van der Waals surface area (Å²) >= 11 is 1.29. The number of nitrogens with one attached hydrogen (secondary N) is 1. The molecule has 3 rings (SSSR count). The van der Waals surface area contributed by atoms with Crippen molar-refractivity contribution in [3.05, 3.63) is 51.9 Å². The number of thioether (sulfide) groups is 1. The Morgan fingerprint density at radius 1 is 1.25 bits per heavy atom. The second-order valence-corrected chi connectivity index (χ2v) is 6.33. The molecule has 24 heavy (non-hydrogen) atoms. The fourth-order valence-corrected chi connectivity index (χ4v) is 3.19. The molecule has 0 aliphatic rings. The molecular formula is C16H17N5O2S. The molecule has 0 unspecified atom stereocenters. The molecule has 2 heterocycles. The van der Waals surface area contributed by atoms with Crippen LogP contribution in [0, 0.1) is 13.8 Å². The number of aromatic amines is 1. The first-order chi connectivity index (χ1) is 11.5. The topological polar surface area (TPSA) is 83.4 Å². The van der Waals surface area contributed by atoms with Gasteiger partial charge < -0.3 is 4.90 Å². The third-order valence-corrected chi connectivity index (χ3v) is 4.83. The predicted octanol–water partition coefficient (Wildman–Crippen LogP) is 1.79. The molecule has 0 saturated carbocycles. The lowest BCUT2D eigenvalue weighted by Crippen LogP contribution is -2.27. The number of carbonyl (C=O) groups excluding carboxylic acids is 1. The van der Waals surface area contributed by atoms with E-state index in [0.29, 0.717) is 16.5 Å². The third-order valence-electron chi connectivity index (χ3n) is 3.92. The lowest BCUT2D eigenvalue weighted by Gasteiger charge is -2.16. The average Bonchev–Trinajstić information content (AvgIpc) is 3.00. The van der Waals surface area contributed by atoms with E-state index in [2.05, 4.69) is 15.2 Å². The summed E-state index contributed by atoms with van der Waals surface area (Å²) in [4.78, 5) is 28.4. The van der Waals surface area contributed by atoms with Crippen LogP contribution in [-0.2, 0) is 4.79 Å². The van der Waals surface area contributed by atoms with Gasteiger partial charge in [-0.15, -0.1) is 10.2 Å². The van der Waals surface area contributed by atoms with E-state index in [1.807, 2.05) is 37.3 Å². The van der Waals surface area contributed by atoms with Crippen LogP contribution in [-0.4, -0.2) is 38.3 Å². The normalized spacial score (nSPS) is 11.0. The SMILES string of the molecule is Cc1c(C)n2c(SCC(=O)N(C)c3ccccc3)nnc2[nH]c1=O. The molecule has 0 radical (unpaired) electrons. The van der Waals surface area contributed by atoms with Crippen LogP contribution in [0.25, 0.3) is 5.78 Å². The number of aryl methyl sites for hydroxylation is 1. The summed E-state index contributed by atoms with van der Waals surface area (Å²) in [6.45, 7) is 3.58. The molecular weight excluding hydrogens is 326 g/mol. The molecule has 7 nitrogen and oxygen atoms in total. The van der Waals surface area contributed by atoms with Gasteiger partial charge in [0.05, 0.1) is 5.75 Å². The van der Waals surface area contributed by atoms with Gasteiger partial charge in [0, 0.05) is 24.0 Å². The molecule has 0 spiro atoms. The maximum absolute atomic E-state index is 12.4. The van der Waals surface area contributed by atoms with Crippen LogP contribution in [0.2, 0.25) is 0 Å². The summed E-state index contributed by atoms with van der Waals surface area (Å²) in [7, 11) is 1.74. The molecule has 0 aliphatic heterocycles. The molecule has 2 aromatic heterocycles. The molecule has 0 aliphatic carbocycles. The fraction of sp³-hybridized carbons (Fsp3) is 0.250. The molecule has 0 atom stereocenters. The van der Waals surface area contributed by atoms with E-state index in [0.717, 1.165) is 11.4 Å². The summed E-state index contributed by atoms with van der Waals surface area (Å²) in [6.07, 6.45) is 0. The quantitative estimate of drug-likeness (QED) is 0.730. The van der Waals surface area contributed by atoms with Crippen molar-refractivity contribution in [3.8, 4) is 0 Å². The number of anilines is 1. The number of aromatic nitrogens is 4. The van der Waals surface area contributed by atoms with Gasteiger partial charge in [0.1, 0.15) is 0 Å². The van der Waals surface area contributed by atoms with Crippen molar-refractivity contribution in [2.45, 2.75) is 19.0 Å². The monoisotopic (exact) mass is 343 g/mol. The van der Waals surface area contributed by atoms with Crippen LogP contribution >= 0.6 is 11.8 Å². The van der Waals surface area contributed by atoms with Crippen molar-refractivity contribution in [2.24, 2.45) is 0 Å². The van der Waals surface area contributed by atoms with E-state index in [9.17, 15) is 9.59 Å². The highest BCUT2D eigenvalue weighted by molar-refractivity contribution is 7.99. The van der Waals surface area contributed by atoms with Gasteiger partial charge in [-0.05, 0) is 26.0 Å². The Morgan fingerprint density at radius 2 is 1.96 bits per heavy atom. The summed E-state index contributed by atoms with van der Waals surface area (Å²) in [6, 6.07) is 9.45. The first-order valence-electron chi connectivity index (χ1n) is 7.38. The number of benzene rings is 1. The fourth-order valence-electron chi connectivity index (χ4n) is 2.29. The second-order valence-electron chi connectivity index (χ2n) is 5.38. The number of H-pyrrole nitrogens is 1. The van der Waals surface area contributed by atoms with Crippen molar-refractivity contribution >= 4 is 29.1 Å². The molecule has 1 N–H and O–H groups in total. The van der Waals surface area contributed by atoms with Gasteiger partial charge in [-0.1, -0.05) is 30.0 Å². The number of carbonyl (C=O) groups is 1. The Hall–Kier alpha value is -2.61. The van der Waals surface area contributed by atoms with Gasteiger partial charge in [0.25, 0.3) is 5.56 Å². The standard InChI is InChI=1S/C16H17N5O2S/c1-10-11(2)21-15(17-14(10)23)18-19-16(21)24-9-13(22)20(3)12-7-5-4-6-8-12/h4-8H,9H2,1-3H3,(H,17,18,23). The molecule has 0 fully saturated rings. The zero-order chi connectivity index (χ0) is 17.3. The van der Waals surface area contributed by atoms with Gasteiger partial charge >= 0.3 is 0 Å². The average molecular weight is 343 g/mol. The summed E-state index contributed by atoms with van der Waals surface area (Å²) in [5, 5.41) is 8.63. The van der Waals surface area contributed by atoms with E-state index in [1.165, 1.54) is 11.8 Å². The minimum atomic E-state index is -0.177. The van der Waals surface area contributed by atoms with Crippen LogP contribution in [0.3, 0.4) is 0 Å². The number of fused-ring (bicyclic) bond motifs is 1. The minimum absolute atomic E-state index is 0.0400. The number of hydrogen-bond acceptors (Lipinski definition) is 5. The lowest BCUT2D eigenvalue weighted by atomic mass is 10.3. The van der Waals surface area contributed by atoms with Crippen LogP contribution < -0.4 is 10.5 Å². The lowest BCUT2D eigenvalue weighted by molar-refractivity contribution is -0.115. The van der Waals surface area contributed by atoms with Gasteiger partial charge in [-0.2, -0.15) is 0 Å². The molecule has 0 bridgehead atoms. The Balaban J connectivity index is 1.80. The molecule has 8 heteroatoms. The summed E-state index contributed by atoms with van der Waals surface area (Å²) in [5.41, 5.74) is 2.04. The first-order valence-corrected chi connectivity index (χ1v) is 8.36. The third kappa shape index (κ3) is 2.92. The van der Waals surface area contributed by atoms with Crippen molar-refractivity contribution < 1.29 is 4.79 Å². The Morgan fingerprint density at radius 3 is 2.67 bits per heavy atom. The highest BCUT2D eigenvalue weighted by Crippen LogP contribution is 2.20. The van der Waals surface area contributed by atoms with E-state index in [1.54, 1.807) is 23.3 Å². The van der Waals surface area contributed by atoms with Crippen molar-refractivity contribution in [2.75, 3.05) is 17.7 Å². The molecule has 124 valence electrons. The number of hydrogen-bond donors (Lipinski definition) is 1. The van der Waals surface area contributed by atoms with Crippen LogP contribution in [0.15, 0.2) is 40.3 Å². The van der Waals surface area contributed by atoms with E-state index in [-0.39, 0.29) is 17.2 Å². The van der Waals surface area contributed by atoms with Crippen LogP contribution in [0.1, 0.15) is 11.3 Å². The van der Waals surface area contributed by atoms with E-state index in [4.69, 9.17) is 0 Å². The number of nitrogens with zero attached hydrogens (tertiary/aromatic N) is 4. The Bertz CT molecular complexity index is 948. The number of amides is 1. The van der Waals surface area contributed by atoms with Crippen molar-refractivity contribution in [3.63, 3.8) is 0 Å². The maximum Gasteiger partial charge on any atom is 0.255 e. The van der Waals surface area contributed by atoms with E-state index >= 15 is 0 Å². The molecule has 1 amide bonds. The highest BCUT2D eigenvalue weighted by atomic mass is 32.2. The van der Waals surface area contributed by atoms with E-state index < -0.39 is 0 Å². The molecule has 1 aromatic carbocycles. The maximum atomic E-state index is 12.4. The summed E-state index contributed by atoms with van der Waals surface area (Å²) in [5.74, 6) is 0.570. The molecule has 3 aromatic rings. The Kier molecular flexibility index (Phi) is 4.39. The van der Waals surface area contributed by atoms with Gasteiger partial charge in [-0.25, -0.2) is 0 Å². The highest BCUT2D eigenvalue weighted by Gasteiger charge is 2.16. The van der Waals surface area contributed by atoms with Gasteiger partial charge in [0.15, 0.2) is 5.16 Å². The largest absolute Gasteiger partial charge is 0.315 e. The zero-order valence-electron chi connectivity index (χ0n) is 13.6. The number of para-hydroxylation sites is 1. The van der Waals surface area contributed by atoms with Crippen LogP contribution in [0.5, 0.6) is 0 Å². The van der Waals surface area contributed by atoms with Gasteiger partial charge in [0.2, 0.25) is 11.7 Å². The minimum Gasteiger partial charge on any atom is -0.315 e. The first kappa shape index (κ1) is 16.3.